The Morgan fingerprint density at radius 1 is 1.24 bits per heavy atom. The molecule has 0 fully saturated rings. The number of hydrogen-bond donors (Lipinski definition) is 1. The predicted octanol–water partition coefficient (Wildman–Crippen LogP) is 1.92. The number of benzene rings is 1. The molecule has 0 saturated carbocycles. The molecule has 0 spiro atoms. The average molecular weight is 291 g/mol. The molecule has 114 valence electrons. The molecule has 1 N–H and O–H groups in total. The van der Waals surface area contributed by atoms with Crippen molar-refractivity contribution in [1.82, 2.24) is 25.5 Å². The lowest BCUT2D eigenvalue weighted by atomic mass is 9.94. The van der Waals surface area contributed by atoms with Gasteiger partial charge in [0.05, 0.1) is 7.05 Å². The van der Waals surface area contributed by atoms with Crippen LogP contribution in [0.2, 0.25) is 0 Å². The second-order valence-corrected chi connectivity index (χ2v) is 5.67. The molecule has 0 aliphatic carbocycles. The molecule has 0 aliphatic rings. The van der Waals surface area contributed by atoms with Crippen LogP contribution in [0.4, 0.5) is 4.39 Å². The van der Waals surface area contributed by atoms with E-state index in [-0.39, 0.29) is 11.7 Å². The van der Waals surface area contributed by atoms with E-state index in [9.17, 15) is 4.39 Å². The van der Waals surface area contributed by atoms with E-state index >= 15 is 0 Å². The third-order valence-electron chi connectivity index (χ3n) is 3.27. The first-order chi connectivity index (χ1) is 10.1. The largest absolute Gasteiger partial charge is 0.316 e. The van der Waals surface area contributed by atoms with Crippen molar-refractivity contribution in [3.05, 3.63) is 41.5 Å². The minimum absolute atomic E-state index is 0.00542. The minimum Gasteiger partial charge on any atom is -0.316 e. The first-order valence-electron chi connectivity index (χ1n) is 7.24. The van der Waals surface area contributed by atoms with Gasteiger partial charge in [-0.1, -0.05) is 32.0 Å². The maximum atomic E-state index is 14.0. The van der Waals surface area contributed by atoms with Gasteiger partial charge < -0.3 is 5.32 Å². The van der Waals surface area contributed by atoms with Gasteiger partial charge in [0.15, 0.2) is 5.82 Å². The van der Waals surface area contributed by atoms with Crippen LogP contribution in [-0.2, 0) is 13.5 Å². The highest BCUT2D eigenvalue weighted by Crippen LogP contribution is 2.21. The number of tetrazole rings is 1. The second-order valence-electron chi connectivity index (χ2n) is 5.67. The summed E-state index contributed by atoms with van der Waals surface area (Å²) in [6, 6.07) is 6.89. The maximum Gasteiger partial charge on any atom is 0.175 e. The summed E-state index contributed by atoms with van der Waals surface area (Å²) in [5, 5.41) is 15.4. The lowest BCUT2D eigenvalue weighted by molar-refractivity contribution is 0.494. The van der Waals surface area contributed by atoms with Gasteiger partial charge in [-0.3, -0.25) is 0 Å². The van der Waals surface area contributed by atoms with Crippen molar-refractivity contribution in [2.45, 2.75) is 26.2 Å². The van der Waals surface area contributed by atoms with E-state index in [2.05, 4.69) is 34.6 Å². The molecular formula is C15H22FN5. The Hall–Kier alpha value is -1.82. The lowest BCUT2D eigenvalue weighted by Crippen LogP contribution is -2.27. The highest BCUT2D eigenvalue weighted by molar-refractivity contribution is 5.23. The topological polar surface area (TPSA) is 55.6 Å². The standard InChI is InChI=1S/C15H22FN5/c1-11(2)9-17-10-12(8-15-18-20-21(3)19-15)13-6-4-5-7-14(13)16/h4-7,11-12,17H,8-10H2,1-3H3. The summed E-state index contributed by atoms with van der Waals surface area (Å²) in [4.78, 5) is 1.43. The Morgan fingerprint density at radius 3 is 2.62 bits per heavy atom. The molecule has 1 aromatic heterocycles. The van der Waals surface area contributed by atoms with Crippen LogP contribution in [0, 0.1) is 11.7 Å². The molecule has 0 amide bonds. The lowest BCUT2D eigenvalue weighted by Gasteiger charge is -2.18. The Labute approximate surface area is 124 Å². The quantitative estimate of drug-likeness (QED) is 0.847. The fourth-order valence-corrected chi connectivity index (χ4v) is 2.27. The molecule has 0 aliphatic heterocycles. The average Bonchev–Trinajstić information content (AvgIpc) is 2.83. The minimum atomic E-state index is -0.183. The number of aryl methyl sites for hydroxylation is 1. The highest BCUT2D eigenvalue weighted by Gasteiger charge is 2.18. The van der Waals surface area contributed by atoms with Crippen molar-refractivity contribution >= 4 is 0 Å². The van der Waals surface area contributed by atoms with Gasteiger partial charge in [-0.25, -0.2) is 4.39 Å². The molecule has 0 saturated heterocycles. The van der Waals surface area contributed by atoms with Crippen LogP contribution < -0.4 is 5.32 Å². The molecule has 2 aromatic rings. The summed E-state index contributed by atoms with van der Waals surface area (Å²) in [6.45, 7) is 5.89. The Kier molecular flexibility index (Phi) is 5.38. The molecule has 1 heterocycles. The van der Waals surface area contributed by atoms with Crippen molar-refractivity contribution in [2.75, 3.05) is 13.1 Å². The summed E-state index contributed by atoms with van der Waals surface area (Å²) in [6.07, 6.45) is 0.569. The molecular weight excluding hydrogens is 269 g/mol. The van der Waals surface area contributed by atoms with E-state index in [0.717, 1.165) is 6.54 Å². The van der Waals surface area contributed by atoms with Gasteiger partial charge in [-0.2, -0.15) is 4.80 Å². The van der Waals surface area contributed by atoms with Gasteiger partial charge in [-0.15, -0.1) is 10.2 Å². The van der Waals surface area contributed by atoms with Crippen LogP contribution in [0.5, 0.6) is 0 Å². The third-order valence-corrected chi connectivity index (χ3v) is 3.27. The summed E-state index contributed by atoms with van der Waals surface area (Å²) in [5.41, 5.74) is 0.696. The number of hydrogen-bond acceptors (Lipinski definition) is 4. The molecule has 2 rings (SSSR count). The van der Waals surface area contributed by atoms with E-state index < -0.39 is 0 Å². The van der Waals surface area contributed by atoms with Gasteiger partial charge in [0.2, 0.25) is 0 Å². The molecule has 1 aromatic carbocycles. The van der Waals surface area contributed by atoms with E-state index in [1.54, 1.807) is 13.1 Å². The highest BCUT2D eigenvalue weighted by atomic mass is 19.1. The number of halogens is 1. The van der Waals surface area contributed by atoms with Crippen molar-refractivity contribution in [3.8, 4) is 0 Å². The monoisotopic (exact) mass is 291 g/mol. The van der Waals surface area contributed by atoms with E-state index in [4.69, 9.17) is 0 Å². The number of nitrogens with zero attached hydrogens (tertiary/aromatic N) is 4. The normalized spacial score (nSPS) is 12.8. The number of nitrogens with one attached hydrogen (secondary N) is 1. The molecule has 21 heavy (non-hydrogen) atoms. The predicted molar refractivity (Wildman–Crippen MR) is 79.4 cm³/mol. The first kappa shape index (κ1) is 15.6. The van der Waals surface area contributed by atoms with E-state index in [0.29, 0.717) is 30.3 Å². The van der Waals surface area contributed by atoms with Gasteiger partial charge >= 0.3 is 0 Å². The first-order valence-corrected chi connectivity index (χ1v) is 7.24. The molecule has 5 nitrogen and oxygen atoms in total. The van der Waals surface area contributed by atoms with E-state index in [1.165, 1.54) is 10.9 Å². The van der Waals surface area contributed by atoms with Crippen molar-refractivity contribution in [3.63, 3.8) is 0 Å². The fraction of sp³-hybridized carbons (Fsp3) is 0.533. The van der Waals surface area contributed by atoms with Crippen LogP contribution in [0.1, 0.15) is 31.2 Å². The molecule has 0 radical (unpaired) electrons. The molecule has 1 unspecified atom stereocenters. The van der Waals surface area contributed by atoms with Crippen molar-refractivity contribution < 1.29 is 4.39 Å². The number of rotatable bonds is 7. The number of aromatic nitrogens is 4. The van der Waals surface area contributed by atoms with Crippen LogP contribution >= 0.6 is 0 Å². The van der Waals surface area contributed by atoms with Gasteiger partial charge in [0.1, 0.15) is 5.82 Å². The van der Waals surface area contributed by atoms with Crippen LogP contribution in [-0.4, -0.2) is 33.3 Å². The summed E-state index contributed by atoms with van der Waals surface area (Å²) < 4.78 is 14.0. The van der Waals surface area contributed by atoms with Gasteiger partial charge in [0, 0.05) is 18.9 Å². The van der Waals surface area contributed by atoms with Crippen LogP contribution in [0.25, 0.3) is 0 Å². The Balaban J connectivity index is 2.12. The SMILES string of the molecule is CC(C)CNCC(Cc1nnn(C)n1)c1ccccc1F. The second kappa shape index (κ2) is 7.26. The van der Waals surface area contributed by atoms with Gasteiger partial charge in [-0.05, 0) is 29.3 Å². The van der Waals surface area contributed by atoms with Gasteiger partial charge in [0.25, 0.3) is 0 Å². The summed E-state index contributed by atoms with van der Waals surface area (Å²) in [5.74, 6) is 1.00. The molecule has 6 heteroatoms. The van der Waals surface area contributed by atoms with Crippen molar-refractivity contribution in [1.29, 1.82) is 0 Å². The van der Waals surface area contributed by atoms with Crippen molar-refractivity contribution in [2.24, 2.45) is 13.0 Å². The zero-order chi connectivity index (χ0) is 15.2. The fourth-order valence-electron chi connectivity index (χ4n) is 2.27. The van der Waals surface area contributed by atoms with E-state index in [1.807, 2.05) is 12.1 Å². The maximum absolute atomic E-state index is 14.0. The van der Waals surface area contributed by atoms with Crippen LogP contribution in [0.3, 0.4) is 0 Å². The Morgan fingerprint density at radius 2 is 2.00 bits per heavy atom. The molecule has 1 atom stereocenters. The summed E-state index contributed by atoms with van der Waals surface area (Å²) >= 11 is 0. The summed E-state index contributed by atoms with van der Waals surface area (Å²) in [7, 11) is 1.73. The molecule has 0 bridgehead atoms. The Bertz CT molecular complexity index is 567. The third kappa shape index (κ3) is 4.60. The zero-order valence-corrected chi connectivity index (χ0v) is 12.8. The van der Waals surface area contributed by atoms with Crippen LogP contribution in [0.15, 0.2) is 24.3 Å². The smallest absolute Gasteiger partial charge is 0.175 e. The zero-order valence-electron chi connectivity index (χ0n) is 12.8.